The summed E-state index contributed by atoms with van der Waals surface area (Å²) in [5.41, 5.74) is 2.60. The highest BCUT2D eigenvalue weighted by molar-refractivity contribution is 6.52. The highest BCUT2D eigenvalue weighted by atomic mass is 35.5. The van der Waals surface area contributed by atoms with Gasteiger partial charge in [-0.15, -0.1) is 0 Å². The lowest BCUT2D eigenvalue weighted by atomic mass is 9.94. The average molecular weight is 454 g/mol. The number of halogens is 1. The van der Waals surface area contributed by atoms with E-state index < -0.39 is 17.7 Å². The number of nitrogens with zero attached hydrogens (tertiary/aromatic N) is 1. The molecule has 0 radical (unpaired) electrons. The Labute approximate surface area is 196 Å². The van der Waals surface area contributed by atoms with E-state index >= 15 is 0 Å². The molecular weight excluding hydrogens is 434 g/mol. The first kappa shape index (κ1) is 21.0. The monoisotopic (exact) mass is 453 g/mol. The molecule has 0 spiro atoms. The standard InChI is InChI=1S/C28H20ClNO3/c1-17-11-14-22(29)16-23(17)30-25(19-8-3-2-4-9-19)24(27(32)28(30)33)26(31)21-13-12-18-7-5-6-10-20(18)15-21/h2-16,25,31H,1H3/b26-24-. The lowest BCUT2D eigenvalue weighted by Crippen LogP contribution is -2.30. The second-order valence-electron chi connectivity index (χ2n) is 8.07. The Kier molecular flexibility index (Phi) is 5.23. The minimum absolute atomic E-state index is 0.0563. The molecule has 1 amide bonds. The van der Waals surface area contributed by atoms with Gasteiger partial charge in [0.15, 0.2) is 0 Å². The molecular formula is C28H20ClNO3. The van der Waals surface area contributed by atoms with Crippen LogP contribution in [0.2, 0.25) is 5.02 Å². The summed E-state index contributed by atoms with van der Waals surface area (Å²) in [4.78, 5) is 28.0. The lowest BCUT2D eigenvalue weighted by Gasteiger charge is -2.27. The number of carbonyl (C=O) groups excluding carboxylic acids is 2. The van der Waals surface area contributed by atoms with Crippen molar-refractivity contribution in [3.05, 3.63) is 118 Å². The number of ketones is 1. The maximum atomic E-state index is 13.3. The van der Waals surface area contributed by atoms with Gasteiger partial charge in [-0.25, -0.2) is 0 Å². The molecule has 1 unspecified atom stereocenters. The second kappa shape index (κ2) is 8.23. The summed E-state index contributed by atoms with van der Waals surface area (Å²) in [5.74, 6) is -1.62. The highest BCUT2D eigenvalue weighted by Crippen LogP contribution is 2.43. The summed E-state index contributed by atoms with van der Waals surface area (Å²) < 4.78 is 0. The number of aryl methyl sites for hydroxylation is 1. The molecule has 1 aliphatic rings. The highest BCUT2D eigenvalue weighted by Gasteiger charge is 2.47. The van der Waals surface area contributed by atoms with E-state index in [9.17, 15) is 14.7 Å². The Morgan fingerprint density at radius 1 is 0.848 bits per heavy atom. The molecule has 0 aromatic heterocycles. The number of aliphatic hydroxyl groups is 1. The van der Waals surface area contributed by atoms with Crippen molar-refractivity contribution in [3.63, 3.8) is 0 Å². The van der Waals surface area contributed by atoms with Gasteiger partial charge in [-0.1, -0.05) is 84.4 Å². The van der Waals surface area contributed by atoms with Gasteiger partial charge in [0.05, 0.1) is 11.6 Å². The van der Waals surface area contributed by atoms with Gasteiger partial charge < -0.3 is 5.11 Å². The van der Waals surface area contributed by atoms with Gasteiger partial charge in [0.1, 0.15) is 5.76 Å². The number of anilines is 1. The normalized spacial score (nSPS) is 17.6. The minimum atomic E-state index is -0.783. The summed E-state index contributed by atoms with van der Waals surface area (Å²) in [6.45, 7) is 1.86. The Bertz CT molecular complexity index is 1440. The van der Waals surface area contributed by atoms with Crippen LogP contribution in [0.1, 0.15) is 22.7 Å². The zero-order valence-electron chi connectivity index (χ0n) is 17.8. The van der Waals surface area contributed by atoms with Crippen molar-refractivity contribution in [1.29, 1.82) is 0 Å². The zero-order valence-corrected chi connectivity index (χ0v) is 18.6. The smallest absolute Gasteiger partial charge is 0.300 e. The topological polar surface area (TPSA) is 57.6 Å². The van der Waals surface area contributed by atoms with Crippen LogP contribution in [0.15, 0.2) is 96.6 Å². The van der Waals surface area contributed by atoms with Gasteiger partial charge in [-0.05, 0) is 47.0 Å². The summed E-state index contributed by atoms with van der Waals surface area (Å²) in [7, 11) is 0. The quantitative estimate of drug-likeness (QED) is 0.221. The third-order valence-electron chi connectivity index (χ3n) is 6.01. The predicted molar refractivity (Wildman–Crippen MR) is 131 cm³/mol. The van der Waals surface area contributed by atoms with Crippen molar-refractivity contribution < 1.29 is 14.7 Å². The molecule has 1 aliphatic heterocycles. The van der Waals surface area contributed by atoms with Gasteiger partial charge >= 0.3 is 0 Å². The first-order valence-electron chi connectivity index (χ1n) is 10.6. The van der Waals surface area contributed by atoms with E-state index in [0.29, 0.717) is 16.3 Å². The van der Waals surface area contributed by atoms with Crippen molar-refractivity contribution in [2.45, 2.75) is 13.0 Å². The largest absolute Gasteiger partial charge is 0.507 e. The van der Waals surface area contributed by atoms with Crippen LogP contribution in [0.4, 0.5) is 5.69 Å². The van der Waals surface area contributed by atoms with Gasteiger partial charge in [-0.2, -0.15) is 0 Å². The fourth-order valence-electron chi connectivity index (χ4n) is 4.37. The fraction of sp³-hybridized carbons (Fsp3) is 0.0714. The third kappa shape index (κ3) is 3.59. The molecule has 0 saturated carbocycles. The molecule has 1 heterocycles. The van der Waals surface area contributed by atoms with E-state index in [2.05, 4.69) is 0 Å². The molecule has 5 heteroatoms. The Hall–Kier alpha value is -3.89. The molecule has 162 valence electrons. The molecule has 4 aromatic rings. The molecule has 0 bridgehead atoms. The minimum Gasteiger partial charge on any atom is -0.507 e. The molecule has 4 aromatic carbocycles. The maximum absolute atomic E-state index is 13.3. The van der Waals surface area contributed by atoms with Crippen LogP contribution in [0.25, 0.3) is 16.5 Å². The molecule has 5 rings (SSSR count). The van der Waals surface area contributed by atoms with Crippen molar-refractivity contribution >= 4 is 45.5 Å². The van der Waals surface area contributed by atoms with Crippen LogP contribution in [0.5, 0.6) is 0 Å². The van der Waals surface area contributed by atoms with Gasteiger partial charge in [0.2, 0.25) is 0 Å². The SMILES string of the molecule is Cc1ccc(Cl)cc1N1C(=O)C(=O)/C(=C(\O)c2ccc3ccccc3c2)C1c1ccccc1. The number of hydrogen-bond donors (Lipinski definition) is 1. The van der Waals surface area contributed by atoms with Crippen LogP contribution < -0.4 is 4.90 Å². The number of Topliss-reactive ketones (excluding diaryl/α,β-unsaturated/α-hetero) is 1. The van der Waals surface area contributed by atoms with Crippen LogP contribution in [0.3, 0.4) is 0 Å². The molecule has 4 nitrogen and oxygen atoms in total. The molecule has 0 aliphatic carbocycles. The van der Waals surface area contributed by atoms with Gasteiger partial charge in [-0.3, -0.25) is 14.5 Å². The van der Waals surface area contributed by atoms with Crippen LogP contribution in [-0.4, -0.2) is 16.8 Å². The Morgan fingerprint density at radius 3 is 2.30 bits per heavy atom. The number of amides is 1. The molecule has 33 heavy (non-hydrogen) atoms. The fourth-order valence-corrected chi connectivity index (χ4v) is 4.53. The van der Waals surface area contributed by atoms with Crippen LogP contribution in [-0.2, 0) is 9.59 Å². The second-order valence-corrected chi connectivity index (χ2v) is 8.51. The average Bonchev–Trinajstić information content (AvgIpc) is 3.10. The summed E-state index contributed by atoms with van der Waals surface area (Å²) in [6.07, 6.45) is 0. The Balaban J connectivity index is 1.75. The first-order chi connectivity index (χ1) is 16.0. The van der Waals surface area contributed by atoms with E-state index in [1.807, 2.05) is 79.7 Å². The molecule has 1 atom stereocenters. The van der Waals surface area contributed by atoms with Crippen LogP contribution >= 0.6 is 11.6 Å². The van der Waals surface area contributed by atoms with E-state index in [1.165, 1.54) is 4.90 Å². The van der Waals surface area contributed by atoms with Gasteiger partial charge in [0.25, 0.3) is 11.7 Å². The molecule has 1 N–H and O–H groups in total. The van der Waals surface area contributed by atoms with Crippen molar-refractivity contribution in [2.24, 2.45) is 0 Å². The number of fused-ring (bicyclic) bond motifs is 1. The third-order valence-corrected chi connectivity index (χ3v) is 6.25. The zero-order chi connectivity index (χ0) is 23.1. The van der Waals surface area contributed by atoms with E-state index in [1.54, 1.807) is 18.2 Å². The summed E-state index contributed by atoms with van der Waals surface area (Å²) in [6, 6.07) is 26.9. The molecule has 1 fully saturated rings. The van der Waals surface area contributed by atoms with Crippen LogP contribution in [0, 0.1) is 6.92 Å². The van der Waals surface area contributed by atoms with E-state index in [0.717, 1.165) is 21.9 Å². The first-order valence-corrected chi connectivity index (χ1v) is 10.9. The number of carbonyl (C=O) groups is 2. The summed E-state index contributed by atoms with van der Waals surface area (Å²) >= 11 is 6.24. The van der Waals surface area contributed by atoms with Crippen molar-refractivity contribution in [1.82, 2.24) is 0 Å². The Morgan fingerprint density at radius 2 is 1.55 bits per heavy atom. The van der Waals surface area contributed by atoms with Gasteiger partial charge in [0, 0.05) is 16.3 Å². The lowest BCUT2D eigenvalue weighted by molar-refractivity contribution is -0.132. The van der Waals surface area contributed by atoms with E-state index in [-0.39, 0.29) is 11.3 Å². The van der Waals surface area contributed by atoms with E-state index in [4.69, 9.17) is 11.6 Å². The number of hydrogen-bond acceptors (Lipinski definition) is 3. The number of rotatable bonds is 3. The number of aliphatic hydroxyl groups excluding tert-OH is 1. The predicted octanol–water partition coefficient (Wildman–Crippen LogP) is 6.43. The number of benzene rings is 4. The molecule has 1 saturated heterocycles. The van der Waals surface area contributed by atoms with Crippen molar-refractivity contribution in [2.75, 3.05) is 4.90 Å². The maximum Gasteiger partial charge on any atom is 0.300 e. The summed E-state index contributed by atoms with van der Waals surface area (Å²) in [5, 5.41) is 13.7. The van der Waals surface area contributed by atoms with Crippen molar-refractivity contribution in [3.8, 4) is 0 Å².